The first-order valence-electron chi connectivity index (χ1n) is 7.04. The van der Waals surface area contributed by atoms with Gasteiger partial charge in [-0.3, -0.25) is 0 Å². The number of nitrogens with two attached hydrogens (primary N) is 1. The van der Waals surface area contributed by atoms with Crippen LogP contribution in [0.15, 0.2) is 36.4 Å². The molecule has 6 nitrogen and oxygen atoms in total. The zero-order valence-corrected chi connectivity index (χ0v) is 14.2. The zero-order chi connectivity index (χ0) is 16.7. The number of nitrogen functional groups attached to an aromatic ring is 1. The molecule has 4 aromatic rings. The van der Waals surface area contributed by atoms with Crippen molar-refractivity contribution in [3.63, 3.8) is 0 Å². The number of hydrogen-bond acceptors (Lipinski definition) is 8. The molecule has 0 saturated heterocycles. The number of hydrogen-bond donors (Lipinski definition) is 2. The number of benzene rings is 2. The number of carbonyl (C=O) groups excluding carboxylic acids is 1. The molecule has 0 unspecified atom stereocenters. The Morgan fingerprint density at radius 1 is 1.04 bits per heavy atom. The average molecular weight is 356 g/mol. The third-order valence-electron chi connectivity index (χ3n) is 3.44. The van der Waals surface area contributed by atoms with E-state index in [2.05, 4.69) is 15.3 Å². The summed E-state index contributed by atoms with van der Waals surface area (Å²) < 4.78 is 6.67. The Morgan fingerprint density at radius 2 is 1.67 bits per heavy atom. The lowest BCUT2D eigenvalue weighted by molar-refractivity contribution is 0.0601. The summed E-state index contributed by atoms with van der Waals surface area (Å²) in [5.74, 6) is -0.358. The predicted octanol–water partition coefficient (Wildman–Crippen LogP) is 4.02. The molecule has 0 atom stereocenters. The summed E-state index contributed by atoms with van der Waals surface area (Å²) in [4.78, 5) is 20.7. The Morgan fingerprint density at radius 3 is 2.33 bits per heavy atom. The molecule has 2 aromatic heterocycles. The second-order valence-electron chi connectivity index (χ2n) is 5.06. The van der Waals surface area contributed by atoms with Crippen molar-refractivity contribution >= 4 is 65.0 Å². The molecule has 0 bridgehead atoms. The molecule has 0 radical (unpaired) electrons. The van der Waals surface area contributed by atoms with Crippen molar-refractivity contribution in [2.24, 2.45) is 0 Å². The van der Waals surface area contributed by atoms with Gasteiger partial charge in [-0.1, -0.05) is 22.7 Å². The largest absolute Gasteiger partial charge is 0.465 e. The fourth-order valence-corrected chi connectivity index (χ4v) is 4.19. The molecule has 24 heavy (non-hydrogen) atoms. The highest BCUT2D eigenvalue weighted by atomic mass is 32.1. The molecule has 4 rings (SSSR count). The molecule has 0 aliphatic rings. The number of methoxy groups -OCH3 is 1. The first-order chi connectivity index (χ1) is 11.6. The molecular formula is C16H12N4O2S2. The summed E-state index contributed by atoms with van der Waals surface area (Å²) >= 11 is 2.98. The maximum absolute atomic E-state index is 11.6. The summed E-state index contributed by atoms with van der Waals surface area (Å²) in [6.45, 7) is 0. The molecule has 3 N–H and O–H groups in total. The normalized spacial score (nSPS) is 11.0. The average Bonchev–Trinajstić information content (AvgIpc) is 3.15. The molecular weight excluding hydrogens is 344 g/mol. The van der Waals surface area contributed by atoms with E-state index in [0.29, 0.717) is 11.3 Å². The van der Waals surface area contributed by atoms with Crippen LogP contribution < -0.4 is 11.1 Å². The van der Waals surface area contributed by atoms with E-state index in [1.54, 1.807) is 12.1 Å². The number of nitrogens with zero attached hydrogens (tertiary/aromatic N) is 2. The minimum absolute atomic E-state index is 0.358. The van der Waals surface area contributed by atoms with E-state index in [4.69, 9.17) is 10.5 Å². The van der Waals surface area contributed by atoms with Crippen molar-refractivity contribution < 1.29 is 9.53 Å². The molecule has 0 fully saturated rings. The van der Waals surface area contributed by atoms with Gasteiger partial charge in [-0.2, -0.15) is 0 Å². The SMILES string of the molecule is COC(=O)c1ccc2nc(Nc3nc4ccc(N)cc4s3)sc2c1. The van der Waals surface area contributed by atoms with Crippen molar-refractivity contribution in [2.75, 3.05) is 18.2 Å². The van der Waals surface area contributed by atoms with E-state index in [0.717, 1.165) is 30.7 Å². The molecule has 0 amide bonds. The van der Waals surface area contributed by atoms with Gasteiger partial charge < -0.3 is 15.8 Å². The maximum Gasteiger partial charge on any atom is 0.337 e. The van der Waals surface area contributed by atoms with E-state index in [-0.39, 0.29) is 5.97 Å². The quantitative estimate of drug-likeness (QED) is 0.426. The van der Waals surface area contributed by atoms with Crippen LogP contribution in [0.2, 0.25) is 0 Å². The third kappa shape index (κ3) is 2.66. The van der Waals surface area contributed by atoms with Crippen molar-refractivity contribution in [3.8, 4) is 0 Å². The number of esters is 1. The monoisotopic (exact) mass is 356 g/mol. The number of thiazole rings is 2. The number of carbonyl (C=O) groups is 1. The van der Waals surface area contributed by atoms with E-state index < -0.39 is 0 Å². The van der Waals surface area contributed by atoms with Crippen molar-refractivity contribution in [3.05, 3.63) is 42.0 Å². The number of rotatable bonds is 3. The summed E-state index contributed by atoms with van der Waals surface area (Å²) in [5, 5.41) is 4.70. The van der Waals surface area contributed by atoms with Crippen LogP contribution in [0.3, 0.4) is 0 Å². The summed E-state index contributed by atoms with van der Waals surface area (Å²) in [7, 11) is 1.37. The van der Waals surface area contributed by atoms with Gasteiger partial charge in [-0.05, 0) is 36.4 Å². The number of nitrogens with one attached hydrogen (secondary N) is 1. The lowest BCUT2D eigenvalue weighted by Gasteiger charge is -1.97. The molecule has 120 valence electrons. The first kappa shape index (κ1) is 14.9. The summed E-state index contributed by atoms with van der Waals surface area (Å²) in [5.41, 5.74) is 8.74. The van der Waals surface area contributed by atoms with Gasteiger partial charge in [-0.15, -0.1) is 0 Å². The summed E-state index contributed by atoms with van der Waals surface area (Å²) in [6.07, 6.45) is 0. The van der Waals surface area contributed by atoms with Crippen LogP contribution >= 0.6 is 22.7 Å². The molecule has 0 saturated carbocycles. The second kappa shape index (κ2) is 5.73. The highest BCUT2D eigenvalue weighted by molar-refractivity contribution is 7.24. The van der Waals surface area contributed by atoms with Gasteiger partial charge >= 0.3 is 5.97 Å². The number of ether oxygens (including phenoxy) is 1. The fourth-order valence-electron chi connectivity index (χ4n) is 2.31. The zero-order valence-electron chi connectivity index (χ0n) is 12.6. The Kier molecular flexibility index (Phi) is 3.55. The van der Waals surface area contributed by atoms with Gasteiger partial charge in [0.1, 0.15) is 0 Å². The molecule has 2 heterocycles. The highest BCUT2D eigenvalue weighted by Crippen LogP contribution is 2.33. The van der Waals surface area contributed by atoms with Gasteiger partial charge in [0, 0.05) is 5.69 Å². The Balaban J connectivity index is 1.66. The highest BCUT2D eigenvalue weighted by Gasteiger charge is 2.11. The van der Waals surface area contributed by atoms with Crippen LogP contribution in [0.25, 0.3) is 20.4 Å². The van der Waals surface area contributed by atoms with E-state index >= 15 is 0 Å². The number of anilines is 3. The predicted molar refractivity (Wildman–Crippen MR) is 98.3 cm³/mol. The van der Waals surface area contributed by atoms with Gasteiger partial charge in [-0.25, -0.2) is 14.8 Å². The van der Waals surface area contributed by atoms with Gasteiger partial charge in [0.05, 0.1) is 33.1 Å². The smallest absolute Gasteiger partial charge is 0.337 e. The maximum atomic E-state index is 11.6. The minimum atomic E-state index is -0.358. The van der Waals surface area contributed by atoms with Crippen LogP contribution in [0.4, 0.5) is 16.0 Å². The molecule has 0 aliphatic carbocycles. The standard InChI is InChI=1S/C16H12N4O2S2/c1-22-14(21)8-2-4-10-12(6-8)23-15(18-10)20-16-19-11-5-3-9(17)7-13(11)24-16/h2-7H,17H2,1H3,(H,18,19,20). The van der Waals surface area contributed by atoms with Gasteiger partial charge in [0.25, 0.3) is 0 Å². The van der Waals surface area contributed by atoms with Crippen LogP contribution in [0, 0.1) is 0 Å². The fraction of sp³-hybridized carbons (Fsp3) is 0.0625. The van der Waals surface area contributed by atoms with E-state index in [1.165, 1.54) is 29.8 Å². The lowest BCUT2D eigenvalue weighted by Crippen LogP contribution is -1.99. The molecule has 8 heteroatoms. The molecule has 0 aliphatic heterocycles. The van der Waals surface area contributed by atoms with Crippen molar-refractivity contribution in [1.82, 2.24) is 9.97 Å². The van der Waals surface area contributed by atoms with Crippen LogP contribution in [0.5, 0.6) is 0 Å². The van der Waals surface area contributed by atoms with Crippen LogP contribution in [-0.4, -0.2) is 23.0 Å². The summed E-state index contributed by atoms with van der Waals surface area (Å²) in [6, 6.07) is 10.9. The number of fused-ring (bicyclic) bond motifs is 2. The molecule has 2 aromatic carbocycles. The van der Waals surface area contributed by atoms with Crippen molar-refractivity contribution in [2.45, 2.75) is 0 Å². The lowest BCUT2D eigenvalue weighted by atomic mass is 10.2. The van der Waals surface area contributed by atoms with Crippen LogP contribution in [0.1, 0.15) is 10.4 Å². The topological polar surface area (TPSA) is 90.1 Å². The molecule has 0 spiro atoms. The first-order valence-corrected chi connectivity index (χ1v) is 8.68. The van der Waals surface area contributed by atoms with Gasteiger partial charge in [0.15, 0.2) is 10.3 Å². The van der Waals surface area contributed by atoms with Crippen molar-refractivity contribution in [1.29, 1.82) is 0 Å². The minimum Gasteiger partial charge on any atom is -0.465 e. The van der Waals surface area contributed by atoms with E-state index in [9.17, 15) is 4.79 Å². The Labute approximate surface area is 144 Å². The van der Waals surface area contributed by atoms with Crippen LogP contribution in [-0.2, 0) is 4.74 Å². The Hall–Kier alpha value is -2.71. The number of aromatic nitrogens is 2. The third-order valence-corrected chi connectivity index (χ3v) is 5.30. The Bertz CT molecular complexity index is 1070. The van der Waals surface area contributed by atoms with E-state index in [1.807, 2.05) is 24.3 Å². The second-order valence-corrected chi connectivity index (χ2v) is 7.13. The van der Waals surface area contributed by atoms with Gasteiger partial charge in [0.2, 0.25) is 0 Å².